The van der Waals surface area contributed by atoms with E-state index in [1.54, 1.807) is 24.3 Å². The van der Waals surface area contributed by atoms with Gasteiger partial charge in [0.05, 0.1) is 27.2 Å². The van der Waals surface area contributed by atoms with Crippen LogP contribution in [0.5, 0.6) is 0 Å². The van der Waals surface area contributed by atoms with Gasteiger partial charge in [0.15, 0.2) is 9.84 Å². The third-order valence-corrected chi connectivity index (χ3v) is 6.49. The lowest BCUT2D eigenvalue weighted by Crippen LogP contribution is -2.33. The number of hydrogen-bond acceptors (Lipinski definition) is 4. The van der Waals surface area contributed by atoms with E-state index in [1.807, 2.05) is 13.8 Å². The Kier molecular flexibility index (Phi) is 4.18. The van der Waals surface area contributed by atoms with Crippen LogP contribution >= 0.6 is 12.2 Å². The molecule has 1 aliphatic rings. The summed E-state index contributed by atoms with van der Waals surface area (Å²) < 4.78 is 30.6. The predicted octanol–water partition coefficient (Wildman–Crippen LogP) is 1.85. The summed E-state index contributed by atoms with van der Waals surface area (Å²) in [7, 11) is -3.41. The summed E-state index contributed by atoms with van der Waals surface area (Å²) in [6, 6.07) is 6.85. The molecule has 0 amide bonds. The Hall–Kier alpha value is -0.980. The molecule has 1 aromatic carbocycles. The maximum absolute atomic E-state index is 12.6. The van der Waals surface area contributed by atoms with Crippen molar-refractivity contribution in [3.63, 3.8) is 0 Å². The maximum atomic E-state index is 12.6. The molecule has 110 valence electrons. The van der Waals surface area contributed by atoms with Gasteiger partial charge in [0.25, 0.3) is 0 Å². The average Bonchev–Trinajstić information content (AvgIpc) is 3.14. The highest BCUT2D eigenvalue weighted by Crippen LogP contribution is 2.53. The van der Waals surface area contributed by atoms with Gasteiger partial charge >= 0.3 is 0 Å². The summed E-state index contributed by atoms with van der Waals surface area (Å²) in [5.41, 5.74) is 6.07. The molecular weight excluding hydrogens is 294 g/mol. The van der Waals surface area contributed by atoms with Crippen LogP contribution in [0.2, 0.25) is 0 Å². The summed E-state index contributed by atoms with van der Waals surface area (Å²) in [6.45, 7) is 4.57. The first-order valence-electron chi connectivity index (χ1n) is 6.53. The first-order chi connectivity index (χ1) is 9.34. The van der Waals surface area contributed by atoms with Gasteiger partial charge in [-0.2, -0.15) is 0 Å². The highest BCUT2D eigenvalue weighted by Gasteiger charge is 2.63. The molecule has 0 aromatic heterocycles. The van der Waals surface area contributed by atoms with Gasteiger partial charge in [-0.3, -0.25) is 0 Å². The van der Waals surface area contributed by atoms with Crippen molar-refractivity contribution in [3.05, 3.63) is 29.8 Å². The Morgan fingerprint density at radius 1 is 1.45 bits per heavy atom. The fourth-order valence-corrected chi connectivity index (χ4v) is 4.85. The minimum atomic E-state index is -3.41. The Morgan fingerprint density at radius 2 is 2.05 bits per heavy atom. The zero-order valence-electron chi connectivity index (χ0n) is 11.6. The van der Waals surface area contributed by atoms with Crippen molar-refractivity contribution in [1.29, 1.82) is 0 Å². The predicted molar refractivity (Wildman–Crippen MR) is 82.5 cm³/mol. The molecule has 2 N–H and O–H groups in total. The van der Waals surface area contributed by atoms with Crippen molar-refractivity contribution >= 4 is 27.0 Å². The second-order valence-corrected chi connectivity index (χ2v) is 7.78. The molecule has 1 aliphatic carbocycles. The second kappa shape index (κ2) is 5.42. The summed E-state index contributed by atoms with van der Waals surface area (Å²) in [5.74, 6) is 0. The second-order valence-electron chi connectivity index (χ2n) is 5.21. The smallest absolute Gasteiger partial charge is 0.182 e. The molecule has 0 radical (unpaired) electrons. The van der Waals surface area contributed by atoms with Crippen molar-refractivity contribution in [1.82, 2.24) is 0 Å². The monoisotopic (exact) mass is 313 g/mol. The molecule has 0 unspecified atom stereocenters. The van der Waals surface area contributed by atoms with Gasteiger partial charge < -0.3 is 10.5 Å². The Bertz CT molecular complexity index is 610. The topological polar surface area (TPSA) is 69.4 Å². The van der Waals surface area contributed by atoms with E-state index in [0.29, 0.717) is 17.9 Å². The van der Waals surface area contributed by atoms with E-state index in [9.17, 15) is 8.42 Å². The van der Waals surface area contributed by atoms with Crippen molar-refractivity contribution in [3.8, 4) is 0 Å². The molecule has 6 heteroatoms. The molecule has 1 aromatic rings. The van der Waals surface area contributed by atoms with Crippen LogP contribution in [0.4, 0.5) is 0 Å². The summed E-state index contributed by atoms with van der Waals surface area (Å²) in [4.78, 5) is 0.550. The molecule has 20 heavy (non-hydrogen) atoms. The van der Waals surface area contributed by atoms with Gasteiger partial charge in [0, 0.05) is 6.61 Å². The Balaban J connectivity index is 2.28. The largest absolute Gasteiger partial charge is 0.393 e. The highest BCUT2D eigenvalue weighted by atomic mass is 32.2. The van der Waals surface area contributed by atoms with Gasteiger partial charge in [-0.15, -0.1) is 0 Å². The van der Waals surface area contributed by atoms with Gasteiger partial charge in [0.1, 0.15) is 0 Å². The molecule has 4 nitrogen and oxygen atoms in total. The third kappa shape index (κ3) is 2.60. The number of thiocarbonyl (C=S) groups is 1. The van der Waals surface area contributed by atoms with Crippen LogP contribution in [-0.4, -0.2) is 31.9 Å². The minimum Gasteiger partial charge on any atom is -0.393 e. The molecule has 0 spiro atoms. The molecule has 0 aliphatic heterocycles. The van der Waals surface area contributed by atoms with E-state index < -0.39 is 20.5 Å². The SMILES string of the molecule is CCOC[C@]1(C(N)=S)C[C@@H]1S(=O)(=O)c1ccc(C)cc1. The number of ether oxygens (including phenoxy) is 1. The number of benzene rings is 1. The first kappa shape index (κ1) is 15.4. The number of sulfone groups is 1. The molecule has 1 fully saturated rings. The lowest BCUT2D eigenvalue weighted by atomic mass is 10.1. The Labute approximate surface area is 125 Å². The fraction of sp³-hybridized carbons (Fsp3) is 0.500. The standard InChI is InChI=1S/C14H19NO3S2/c1-3-18-9-14(13(15)19)8-12(14)20(16,17)11-6-4-10(2)5-7-11/h4-7,12H,3,8-9H2,1-2H3,(H2,15,19)/t12-,14+/m0/s1. The number of hydrogen-bond donors (Lipinski definition) is 1. The number of nitrogens with two attached hydrogens (primary N) is 1. The van der Waals surface area contributed by atoms with Gasteiger partial charge in [-0.05, 0) is 32.4 Å². The molecule has 1 saturated carbocycles. The quantitative estimate of drug-likeness (QED) is 0.812. The van der Waals surface area contributed by atoms with Crippen LogP contribution in [0.25, 0.3) is 0 Å². The minimum absolute atomic E-state index is 0.228. The lowest BCUT2D eigenvalue weighted by molar-refractivity contribution is 0.123. The van der Waals surface area contributed by atoms with E-state index in [1.165, 1.54) is 0 Å². The van der Waals surface area contributed by atoms with Crippen LogP contribution in [0.1, 0.15) is 18.9 Å². The van der Waals surface area contributed by atoms with Crippen LogP contribution in [-0.2, 0) is 14.6 Å². The van der Waals surface area contributed by atoms with Crippen LogP contribution in [0.3, 0.4) is 0 Å². The molecule has 0 heterocycles. The van der Waals surface area contributed by atoms with E-state index in [0.717, 1.165) is 5.56 Å². The molecular formula is C14H19NO3S2. The normalized spacial score (nSPS) is 25.4. The third-order valence-electron chi connectivity index (χ3n) is 3.78. The van der Waals surface area contributed by atoms with E-state index in [-0.39, 0.29) is 11.6 Å². The van der Waals surface area contributed by atoms with Gasteiger partial charge in [-0.1, -0.05) is 29.9 Å². The molecule has 0 saturated heterocycles. The summed E-state index contributed by atoms with van der Waals surface area (Å²) in [5, 5.41) is -0.568. The lowest BCUT2D eigenvalue weighted by Gasteiger charge is -2.16. The zero-order valence-corrected chi connectivity index (χ0v) is 13.3. The molecule has 2 atom stereocenters. The van der Waals surface area contributed by atoms with E-state index in [2.05, 4.69) is 0 Å². The van der Waals surface area contributed by atoms with Gasteiger partial charge in [-0.25, -0.2) is 8.42 Å². The van der Waals surface area contributed by atoms with E-state index in [4.69, 9.17) is 22.7 Å². The number of aryl methyl sites for hydroxylation is 1. The fourth-order valence-electron chi connectivity index (χ4n) is 2.34. The zero-order chi connectivity index (χ0) is 15.0. The van der Waals surface area contributed by atoms with E-state index >= 15 is 0 Å². The van der Waals surface area contributed by atoms with Crippen LogP contribution < -0.4 is 5.73 Å². The average molecular weight is 313 g/mol. The molecule has 2 rings (SSSR count). The van der Waals surface area contributed by atoms with Crippen molar-refractivity contribution in [2.45, 2.75) is 30.4 Å². The first-order valence-corrected chi connectivity index (χ1v) is 8.48. The van der Waals surface area contributed by atoms with Gasteiger partial charge in [0.2, 0.25) is 0 Å². The maximum Gasteiger partial charge on any atom is 0.182 e. The van der Waals surface area contributed by atoms with Crippen molar-refractivity contribution < 1.29 is 13.2 Å². The van der Waals surface area contributed by atoms with Crippen molar-refractivity contribution in [2.75, 3.05) is 13.2 Å². The Morgan fingerprint density at radius 3 is 2.55 bits per heavy atom. The van der Waals surface area contributed by atoms with Crippen LogP contribution in [0, 0.1) is 12.3 Å². The highest BCUT2D eigenvalue weighted by molar-refractivity contribution is 7.92. The van der Waals surface area contributed by atoms with Crippen molar-refractivity contribution in [2.24, 2.45) is 11.1 Å². The summed E-state index contributed by atoms with van der Waals surface area (Å²) >= 11 is 5.06. The number of rotatable bonds is 6. The van der Waals surface area contributed by atoms with Crippen LogP contribution in [0.15, 0.2) is 29.2 Å². The molecule has 0 bridgehead atoms. The summed E-state index contributed by atoms with van der Waals surface area (Å²) in [6.07, 6.45) is 0.443.